The molecule has 2 amide bonds. The molecule has 158 valence electrons. The molecule has 2 aliphatic rings. The van der Waals surface area contributed by atoms with Crippen molar-refractivity contribution in [2.75, 3.05) is 36.4 Å². The summed E-state index contributed by atoms with van der Waals surface area (Å²) in [5, 5.41) is 4.92. The van der Waals surface area contributed by atoms with Gasteiger partial charge >= 0.3 is 0 Å². The number of imide groups is 1. The van der Waals surface area contributed by atoms with Gasteiger partial charge in [0.2, 0.25) is 0 Å². The van der Waals surface area contributed by atoms with Crippen molar-refractivity contribution in [3.05, 3.63) is 64.8 Å². The van der Waals surface area contributed by atoms with Crippen LogP contribution in [-0.4, -0.2) is 47.9 Å². The number of amides is 2. The van der Waals surface area contributed by atoms with Gasteiger partial charge in [0.15, 0.2) is 0 Å². The average Bonchev–Trinajstić information content (AvgIpc) is 3.04. The summed E-state index contributed by atoms with van der Waals surface area (Å²) in [5.41, 5.74) is 3.65. The smallest absolute Gasteiger partial charge is 0.263 e. The first-order valence-electron chi connectivity index (χ1n) is 10.7. The Morgan fingerprint density at radius 2 is 1.84 bits per heavy atom. The number of carbonyl (C=O) groups is 2. The van der Waals surface area contributed by atoms with Gasteiger partial charge in [0, 0.05) is 48.5 Å². The molecule has 0 saturated carbocycles. The monoisotopic (exact) mass is 434 g/mol. The Morgan fingerprint density at radius 3 is 2.68 bits per heavy atom. The summed E-state index contributed by atoms with van der Waals surface area (Å²) < 4.78 is 0. The number of hydrogen-bond acceptors (Lipinski definition) is 5. The average molecular weight is 435 g/mol. The molecule has 3 aromatic rings. The van der Waals surface area contributed by atoms with Crippen molar-refractivity contribution in [3.8, 4) is 0 Å². The zero-order valence-electron chi connectivity index (χ0n) is 17.1. The molecule has 5 rings (SSSR count). The van der Waals surface area contributed by atoms with Crippen molar-refractivity contribution in [1.82, 2.24) is 9.88 Å². The van der Waals surface area contributed by atoms with Crippen LogP contribution in [0.4, 0.5) is 11.4 Å². The molecule has 3 heterocycles. The molecule has 0 unspecified atom stereocenters. The second kappa shape index (κ2) is 8.19. The first kappa shape index (κ1) is 19.8. The van der Waals surface area contributed by atoms with Gasteiger partial charge in [-0.25, -0.2) is 0 Å². The maximum atomic E-state index is 13.2. The fourth-order valence-corrected chi connectivity index (χ4v) is 4.66. The second-order valence-electron chi connectivity index (χ2n) is 7.96. The van der Waals surface area contributed by atoms with Crippen molar-refractivity contribution in [2.45, 2.75) is 19.3 Å². The number of pyridine rings is 1. The highest BCUT2D eigenvalue weighted by Crippen LogP contribution is 2.33. The van der Waals surface area contributed by atoms with Crippen LogP contribution in [-0.2, 0) is 0 Å². The van der Waals surface area contributed by atoms with Crippen molar-refractivity contribution >= 4 is 45.7 Å². The first-order chi connectivity index (χ1) is 15.1. The van der Waals surface area contributed by atoms with Gasteiger partial charge in [0.1, 0.15) is 0 Å². The van der Waals surface area contributed by atoms with Crippen molar-refractivity contribution in [2.24, 2.45) is 0 Å². The van der Waals surface area contributed by atoms with E-state index in [-0.39, 0.29) is 11.8 Å². The summed E-state index contributed by atoms with van der Waals surface area (Å²) in [6, 6.07) is 13.0. The maximum Gasteiger partial charge on any atom is 0.263 e. The van der Waals surface area contributed by atoms with Crippen LogP contribution in [0.1, 0.15) is 40.0 Å². The quantitative estimate of drug-likeness (QED) is 0.595. The Kier molecular flexibility index (Phi) is 5.24. The van der Waals surface area contributed by atoms with Crippen LogP contribution in [0.2, 0.25) is 5.02 Å². The van der Waals surface area contributed by atoms with E-state index in [9.17, 15) is 9.59 Å². The van der Waals surface area contributed by atoms with Crippen LogP contribution in [0.15, 0.2) is 48.7 Å². The normalized spacial score (nSPS) is 16.2. The highest BCUT2D eigenvalue weighted by molar-refractivity contribution is 6.31. The highest BCUT2D eigenvalue weighted by Gasteiger charge is 2.38. The maximum absolute atomic E-state index is 13.2. The van der Waals surface area contributed by atoms with Crippen molar-refractivity contribution in [3.63, 3.8) is 0 Å². The van der Waals surface area contributed by atoms with Gasteiger partial charge < -0.3 is 10.2 Å². The third-order valence-corrected chi connectivity index (χ3v) is 6.26. The van der Waals surface area contributed by atoms with Gasteiger partial charge in [-0.3, -0.25) is 19.5 Å². The lowest BCUT2D eigenvalue weighted by Gasteiger charge is -2.30. The fraction of sp³-hybridized carbons (Fsp3) is 0.292. The number of fused-ring (bicyclic) bond motifs is 2. The third-order valence-electron chi connectivity index (χ3n) is 6.03. The van der Waals surface area contributed by atoms with Crippen LogP contribution < -0.4 is 10.2 Å². The molecule has 6 nitrogen and oxygen atoms in total. The SMILES string of the molecule is O=C1c2cccc(N3CCCCC3)c2C(=O)N1CCNc1ccnc2cc(Cl)ccc12. The van der Waals surface area contributed by atoms with Gasteiger partial charge in [-0.1, -0.05) is 17.7 Å². The van der Waals surface area contributed by atoms with E-state index in [1.807, 2.05) is 36.4 Å². The van der Waals surface area contributed by atoms with Crippen LogP contribution in [0, 0.1) is 0 Å². The van der Waals surface area contributed by atoms with Crippen LogP contribution in [0.5, 0.6) is 0 Å². The number of halogens is 1. The Morgan fingerprint density at radius 1 is 1.00 bits per heavy atom. The number of nitrogens with one attached hydrogen (secondary N) is 1. The van der Waals surface area contributed by atoms with E-state index in [4.69, 9.17) is 11.6 Å². The zero-order valence-corrected chi connectivity index (χ0v) is 17.9. The summed E-state index contributed by atoms with van der Waals surface area (Å²) in [4.78, 5) is 34.1. The Labute approximate surface area is 185 Å². The molecule has 2 aromatic carbocycles. The number of carbonyl (C=O) groups excluding carboxylic acids is 2. The minimum Gasteiger partial charge on any atom is -0.383 e. The molecule has 1 fully saturated rings. The number of aromatic nitrogens is 1. The molecule has 0 radical (unpaired) electrons. The summed E-state index contributed by atoms with van der Waals surface area (Å²) in [5.74, 6) is -0.415. The number of benzene rings is 2. The molecule has 1 saturated heterocycles. The Bertz CT molecular complexity index is 1170. The minimum atomic E-state index is -0.216. The van der Waals surface area contributed by atoms with E-state index in [1.165, 1.54) is 11.3 Å². The largest absolute Gasteiger partial charge is 0.383 e. The molecule has 2 aliphatic heterocycles. The third kappa shape index (κ3) is 3.61. The van der Waals surface area contributed by atoms with E-state index in [0.29, 0.717) is 29.2 Å². The molecule has 1 N–H and O–H groups in total. The van der Waals surface area contributed by atoms with E-state index >= 15 is 0 Å². The minimum absolute atomic E-state index is 0.200. The predicted molar refractivity (Wildman–Crippen MR) is 123 cm³/mol. The molecule has 31 heavy (non-hydrogen) atoms. The Hall–Kier alpha value is -3.12. The van der Waals surface area contributed by atoms with Crippen molar-refractivity contribution < 1.29 is 9.59 Å². The fourth-order valence-electron chi connectivity index (χ4n) is 4.49. The highest BCUT2D eigenvalue weighted by atomic mass is 35.5. The van der Waals surface area contributed by atoms with Gasteiger partial charge in [-0.05, 0) is 55.7 Å². The lowest BCUT2D eigenvalue weighted by Crippen LogP contribution is -2.35. The zero-order chi connectivity index (χ0) is 21.4. The number of piperidine rings is 1. The van der Waals surface area contributed by atoms with Crippen molar-refractivity contribution in [1.29, 1.82) is 0 Å². The summed E-state index contributed by atoms with van der Waals surface area (Å²) >= 11 is 6.06. The molecule has 1 aromatic heterocycles. The van der Waals surface area contributed by atoms with Crippen LogP contribution in [0.25, 0.3) is 10.9 Å². The van der Waals surface area contributed by atoms with E-state index in [2.05, 4.69) is 15.2 Å². The van der Waals surface area contributed by atoms with Gasteiger partial charge in [-0.2, -0.15) is 0 Å². The van der Waals surface area contributed by atoms with E-state index in [1.54, 1.807) is 12.3 Å². The number of nitrogens with zero attached hydrogens (tertiary/aromatic N) is 3. The first-order valence-corrected chi connectivity index (χ1v) is 11.0. The lowest BCUT2D eigenvalue weighted by molar-refractivity contribution is 0.0660. The summed E-state index contributed by atoms with van der Waals surface area (Å²) in [7, 11) is 0. The number of rotatable bonds is 5. The second-order valence-corrected chi connectivity index (χ2v) is 8.39. The van der Waals surface area contributed by atoms with Gasteiger partial charge in [-0.15, -0.1) is 0 Å². The summed E-state index contributed by atoms with van der Waals surface area (Å²) in [6.07, 6.45) is 5.16. The predicted octanol–water partition coefficient (Wildman–Crippen LogP) is 4.59. The van der Waals surface area contributed by atoms with E-state index in [0.717, 1.165) is 48.2 Å². The standard InChI is InChI=1S/C24H23ClN4O2/c25-16-7-8-17-19(9-10-26-20(17)15-16)27-11-14-29-23(30)18-5-4-6-21(22(18)24(29)31)28-12-2-1-3-13-28/h4-10,15H,1-3,11-14H2,(H,26,27). The van der Waals surface area contributed by atoms with Gasteiger partial charge in [0.25, 0.3) is 11.8 Å². The molecular formula is C24H23ClN4O2. The molecule has 0 spiro atoms. The molecule has 0 atom stereocenters. The summed E-state index contributed by atoms with van der Waals surface area (Å²) in [6.45, 7) is 2.60. The molecule has 7 heteroatoms. The van der Waals surface area contributed by atoms with Gasteiger partial charge in [0.05, 0.1) is 22.3 Å². The number of hydrogen-bond donors (Lipinski definition) is 1. The van der Waals surface area contributed by atoms with Crippen LogP contribution in [0.3, 0.4) is 0 Å². The Balaban J connectivity index is 1.33. The topological polar surface area (TPSA) is 65.5 Å². The lowest BCUT2D eigenvalue weighted by atomic mass is 10.0. The molecular weight excluding hydrogens is 412 g/mol. The van der Waals surface area contributed by atoms with E-state index < -0.39 is 0 Å². The number of anilines is 2. The molecule has 0 bridgehead atoms. The molecule has 0 aliphatic carbocycles. The van der Waals surface area contributed by atoms with Crippen LogP contribution >= 0.6 is 11.6 Å².